The molecule has 2 heterocycles. The maximum absolute atomic E-state index is 12.5. The molecule has 2 aliphatic heterocycles. The lowest BCUT2D eigenvalue weighted by molar-refractivity contribution is -0.144. The summed E-state index contributed by atoms with van der Waals surface area (Å²) in [6.45, 7) is 3.72. The van der Waals surface area contributed by atoms with E-state index in [-0.39, 0.29) is 49.4 Å². The van der Waals surface area contributed by atoms with E-state index in [2.05, 4.69) is 10.6 Å². The van der Waals surface area contributed by atoms with E-state index >= 15 is 0 Å². The number of carbonyl (C=O) groups excluding carboxylic acids is 3. The van der Waals surface area contributed by atoms with Gasteiger partial charge in [-0.15, -0.1) is 0 Å². The van der Waals surface area contributed by atoms with Crippen molar-refractivity contribution in [2.75, 3.05) is 78.7 Å². The zero-order chi connectivity index (χ0) is 30.6. The van der Waals surface area contributed by atoms with Crippen molar-refractivity contribution in [2.45, 2.75) is 68.7 Å². The molecule has 14 heteroatoms. The number of aliphatic carboxylic acids is 1. The Labute approximate surface area is 253 Å². The van der Waals surface area contributed by atoms with Crippen molar-refractivity contribution in [3.63, 3.8) is 0 Å². The maximum Gasteiger partial charge on any atom is 0.315 e. The van der Waals surface area contributed by atoms with E-state index in [1.54, 1.807) is 11.9 Å². The largest absolute Gasteiger partial charge is 0.481 e. The van der Waals surface area contributed by atoms with Crippen LogP contribution in [0, 0.1) is 5.92 Å². The average Bonchev–Trinajstić information content (AvgIpc) is 3.51. The number of amides is 3. The lowest BCUT2D eigenvalue weighted by Gasteiger charge is -2.19. The van der Waals surface area contributed by atoms with Gasteiger partial charge in [0.2, 0.25) is 5.91 Å². The zero-order valence-electron chi connectivity index (χ0n) is 24.9. The number of ether oxygens (including phenoxy) is 4. The molecule has 0 aliphatic carbocycles. The number of hydrogen-bond acceptors (Lipinski definition) is 10. The summed E-state index contributed by atoms with van der Waals surface area (Å²) in [6.07, 6.45) is 4.76. The van der Waals surface area contributed by atoms with Crippen LogP contribution in [-0.2, 0) is 33.3 Å². The van der Waals surface area contributed by atoms with Crippen molar-refractivity contribution in [3.8, 4) is 0 Å². The normalized spacial score (nSPS) is 20.1. The molecule has 242 valence electrons. The zero-order valence-corrected chi connectivity index (χ0v) is 25.7. The molecule has 3 amide bonds. The van der Waals surface area contributed by atoms with Crippen LogP contribution in [0.15, 0.2) is 0 Å². The lowest BCUT2D eigenvalue weighted by Crippen LogP contribution is -2.36. The molecule has 0 aromatic heterocycles. The minimum atomic E-state index is -0.996. The smallest absolute Gasteiger partial charge is 0.315 e. The monoisotopic (exact) mass is 618 g/mol. The fraction of sp³-hybridized carbons (Fsp3) is 0.857. The third-order valence-electron chi connectivity index (χ3n) is 7.25. The van der Waals surface area contributed by atoms with Crippen molar-refractivity contribution < 1.29 is 43.2 Å². The summed E-state index contributed by atoms with van der Waals surface area (Å²) in [7, 11) is 1.77. The van der Waals surface area contributed by atoms with Gasteiger partial charge in [0.15, 0.2) is 5.78 Å². The molecule has 4 atom stereocenters. The summed E-state index contributed by atoms with van der Waals surface area (Å²) >= 11 is 1.88. The number of rotatable bonds is 26. The van der Waals surface area contributed by atoms with E-state index in [1.807, 2.05) is 11.8 Å². The van der Waals surface area contributed by atoms with Gasteiger partial charge in [-0.05, 0) is 25.7 Å². The highest BCUT2D eigenvalue weighted by Crippen LogP contribution is 2.33. The van der Waals surface area contributed by atoms with E-state index in [0.717, 1.165) is 25.0 Å². The number of carbonyl (C=O) groups is 4. The molecule has 42 heavy (non-hydrogen) atoms. The van der Waals surface area contributed by atoms with Crippen LogP contribution in [0.5, 0.6) is 0 Å². The summed E-state index contributed by atoms with van der Waals surface area (Å²) in [5.74, 6) is -1.01. The van der Waals surface area contributed by atoms with Crippen LogP contribution in [0.2, 0.25) is 0 Å². The first-order valence-corrected chi connectivity index (χ1v) is 16.0. The lowest BCUT2D eigenvalue weighted by atomic mass is 9.96. The van der Waals surface area contributed by atoms with Gasteiger partial charge in [0.25, 0.3) is 0 Å². The van der Waals surface area contributed by atoms with Crippen molar-refractivity contribution >= 4 is 35.5 Å². The molecular weight excluding hydrogens is 568 g/mol. The van der Waals surface area contributed by atoms with Gasteiger partial charge in [-0.2, -0.15) is 11.8 Å². The standard InChI is InChI=1S/C28H50N4O9S/c1-32(25(34)8-3-2-7-24-26-23(20-42-24)30-28(37)31-26)10-5-4-6-21(27(35)36)18-22(33)19-41-17-16-40-15-14-39-13-12-38-11-9-29/h21,23-24,26H,2-20,29H2,1H3,(H,35,36)(H2,30,31,37)/t21-,23+,24+,26+/m1/s1. The van der Waals surface area contributed by atoms with Gasteiger partial charge in [0, 0.05) is 44.0 Å². The summed E-state index contributed by atoms with van der Waals surface area (Å²) in [5, 5.41) is 15.9. The molecule has 0 bridgehead atoms. The van der Waals surface area contributed by atoms with Gasteiger partial charge in [-0.25, -0.2) is 4.79 Å². The third-order valence-corrected chi connectivity index (χ3v) is 8.76. The number of thioether (sulfide) groups is 1. The van der Waals surface area contributed by atoms with Gasteiger partial charge >= 0.3 is 12.0 Å². The predicted molar refractivity (Wildman–Crippen MR) is 159 cm³/mol. The minimum absolute atomic E-state index is 0.0777. The van der Waals surface area contributed by atoms with Crippen LogP contribution in [0.1, 0.15) is 51.4 Å². The van der Waals surface area contributed by atoms with Gasteiger partial charge < -0.3 is 45.3 Å². The molecule has 0 aromatic rings. The second kappa shape index (κ2) is 21.7. The topological polar surface area (TPSA) is 179 Å². The highest BCUT2D eigenvalue weighted by molar-refractivity contribution is 8.00. The minimum Gasteiger partial charge on any atom is -0.481 e. The van der Waals surface area contributed by atoms with E-state index in [4.69, 9.17) is 24.7 Å². The number of carboxylic acids is 1. The Bertz CT molecular complexity index is 822. The van der Waals surface area contributed by atoms with E-state index < -0.39 is 11.9 Å². The fourth-order valence-electron chi connectivity index (χ4n) is 4.90. The van der Waals surface area contributed by atoms with Crippen LogP contribution < -0.4 is 16.4 Å². The molecule has 0 radical (unpaired) electrons. The van der Waals surface area contributed by atoms with E-state index in [0.29, 0.717) is 83.7 Å². The number of unbranched alkanes of at least 4 members (excludes halogenated alkanes) is 2. The molecule has 0 saturated carbocycles. The number of urea groups is 1. The summed E-state index contributed by atoms with van der Waals surface area (Å²) < 4.78 is 21.2. The summed E-state index contributed by atoms with van der Waals surface area (Å²) in [4.78, 5) is 49.5. The number of nitrogens with zero attached hydrogens (tertiary/aromatic N) is 1. The molecule has 0 spiro atoms. The Morgan fingerprint density at radius 1 is 0.976 bits per heavy atom. The van der Waals surface area contributed by atoms with Gasteiger partial charge in [0.1, 0.15) is 6.61 Å². The number of nitrogens with one attached hydrogen (secondary N) is 2. The Hall–Kier alpha value is -1.97. The fourth-order valence-corrected chi connectivity index (χ4v) is 6.44. The quantitative estimate of drug-likeness (QED) is 0.0804. The third kappa shape index (κ3) is 15.0. The van der Waals surface area contributed by atoms with Crippen molar-refractivity contribution in [3.05, 3.63) is 0 Å². The number of Topliss-reactive ketones (excluding diaryl/α,β-unsaturated/α-hetero) is 1. The number of fused-ring (bicyclic) bond motifs is 1. The molecule has 5 N–H and O–H groups in total. The maximum atomic E-state index is 12.5. The molecule has 0 aromatic carbocycles. The molecule has 13 nitrogen and oxygen atoms in total. The Morgan fingerprint density at radius 3 is 2.31 bits per heavy atom. The Kier molecular flexibility index (Phi) is 18.7. The van der Waals surface area contributed by atoms with Crippen LogP contribution in [0.3, 0.4) is 0 Å². The molecule has 0 unspecified atom stereocenters. The van der Waals surface area contributed by atoms with Crippen molar-refractivity contribution in [1.82, 2.24) is 15.5 Å². The second-order valence-electron chi connectivity index (χ2n) is 10.6. The van der Waals surface area contributed by atoms with Gasteiger partial charge in [-0.1, -0.05) is 12.8 Å². The molecule has 2 fully saturated rings. The average molecular weight is 619 g/mol. The first-order chi connectivity index (χ1) is 20.3. The SMILES string of the molecule is CN(CCCC[C@H](CC(=O)COCCOCCOCCOCCN)C(=O)O)C(=O)CCCC[C@@H]1SC[C@@H]2NC(=O)N[C@@H]21. The first-order valence-electron chi connectivity index (χ1n) is 15.0. The predicted octanol–water partition coefficient (Wildman–Crippen LogP) is 1.03. The number of ketones is 1. The van der Waals surface area contributed by atoms with Gasteiger partial charge in [-0.3, -0.25) is 14.4 Å². The van der Waals surface area contributed by atoms with Crippen molar-refractivity contribution in [1.29, 1.82) is 0 Å². The second-order valence-corrected chi connectivity index (χ2v) is 11.9. The highest BCUT2D eigenvalue weighted by Gasteiger charge is 2.42. The molecule has 2 saturated heterocycles. The van der Waals surface area contributed by atoms with E-state index in [1.165, 1.54) is 0 Å². The number of hydrogen-bond donors (Lipinski definition) is 4. The Morgan fingerprint density at radius 2 is 1.64 bits per heavy atom. The molecule has 2 rings (SSSR count). The van der Waals surface area contributed by atoms with Crippen molar-refractivity contribution in [2.24, 2.45) is 11.7 Å². The molecule has 2 aliphatic rings. The van der Waals surface area contributed by atoms with E-state index in [9.17, 15) is 24.3 Å². The number of carboxylic acid groups (broad SMARTS) is 1. The molecular formula is C28H50N4O9S. The summed E-state index contributed by atoms with van der Waals surface area (Å²) in [5.41, 5.74) is 5.32. The van der Waals surface area contributed by atoms with Crippen LogP contribution >= 0.6 is 11.8 Å². The van der Waals surface area contributed by atoms with Crippen LogP contribution in [0.4, 0.5) is 4.79 Å². The van der Waals surface area contributed by atoms with Crippen LogP contribution in [0.25, 0.3) is 0 Å². The Balaban J connectivity index is 1.45. The first kappa shape index (κ1) is 36.2. The number of nitrogens with two attached hydrogens (primary N) is 1. The van der Waals surface area contributed by atoms with Crippen LogP contribution in [-0.4, -0.2) is 130 Å². The highest BCUT2D eigenvalue weighted by atomic mass is 32.2. The summed E-state index contributed by atoms with van der Waals surface area (Å²) in [6, 6.07) is 0.319. The van der Waals surface area contributed by atoms with Gasteiger partial charge in [0.05, 0.1) is 64.2 Å².